The number of amides is 2. The number of carbonyl (C=O) groups excluding carboxylic acids is 2. The summed E-state index contributed by atoms with van der Waals surface area (Å²) in [7, 11) is 2.77. The zero-order valence-electron chi connectivity index (χ0n) is 18.6. The first-order valence-electron chi connectivity index (χ1n) is 10.0. The van der Waals surface area contributed by atoms with Crippen molar-refractivity contribution in [3.05, 3.63) is 43.1 Å². The summed E-state index contributed by atoms with van der Waals surface area (Å²) in [6, 6.07) is -0.988. The minimum Gasteiger partial charge on any atom is -0.477 e. The number of carboxylic acids is 1. The number of thioether (sulfide) groups is 2. The number of nitrogens with one attached hydrogen (secondary N) is 3. The van der Waals surface area contributed by atoms with E-state index in [1.54, 1.807) is 0 Å². The van der Waals surface area contributed by atoms with Gasteiger partial charge in [0.05, 0.1) is 0 Å². The zero-order valence-corrected chi connectivity index (χ0v) is 21.1. The van der Waals surface area contributed by atoms with Gasteiger partial charge in [0.1, 0.15) is 37.0 Å². The molecule has 0 aromatic carbocycles. The van der Waals surface area contributed by atoms with Crippen molar-refractivity contribution in [2.24, 2.45) is 12.2 Å². The Bertz CT molecular complexity index is 1430. The number of nitrogens with zero attached hydrogens (tertiary/aromatic N) is 4. The van der Waals surface area contributed by atoms with Gasteiger partial charge in [-0.2, -0.15) is 14.8 Å². The predicted molar refractivity (Wildman–Crippen MR) is 129 cm³/mol. The van der Waals surface area contributed by atoms with Crippen LogP contribution in [-0.2, 0) is 26.3 Å². The Labute approximate surface area is 213 Å². The van der Waals surface area contributed by atoms with E-state index >= 15 is 0 Å². The highest BCUT2D eigenvalue weighted by Gasteiger charge is 2.54. The number of hydrogen-bond acceptors (Lipinski definition) is 12. The van der Waals surface area contributed by atoms with Gasteiger partial charge in [-0.05, 0) is 17.3 Å². The lowest BCUT2D eigenvalue weighted by molar-refractivity contribution is -0.771. The highest BCUT2D eigenvalue weighted by Crippen LogP contribution is 2.41. The molecule has 0 radical (unpaired) electrons. The predicted octanol–water partition coefficient (Wildman–Crippen LogP) is -2.19. The maximum Gasteiger partial charge on any atom is 0.400 e. The lowest BCUT2D eigenvalue weighted by Gasteiger charge is -2.49. The van der Waals surface area contributed by atoms with Crippen LogP contribution in [0.15, 0.2) is 36.6 Å². The first-order chi connectivity index (χ1) is 17.1. The van der Waals surface area contributed by atoms with Crippen LogP contribution in [0.4, 0.5) is 5.13 Å². The van der Waals surface area contributed by atoms with Crippen LogP contribution in [0.1, 0.15) is 5.69 Å². The van der Waals surface area contributed by atoms with Gasteiger partial charge < -0.3 is 21.0 Å². The summed E-state index contributed by atoms with van der Waals surface area (Å²) in [4.78, 5) is 73.1. The molecular formula is C18H19N8O7S3+. The van der Waals surface area contributed by atoms with E-state index in [2.05, 4.69) is 25.5 Å². The summed E-state index contributed by atoms with van der Waals surface area (Å²) in [5, 5.41) is 19.8. The van der Waals surface area contributed by atoms with E-state index in [-0.39, 0.29) is 33.7 Å². The number of carboxylic acid groups (broad SMARTS) is 1. The van der Waals surface area contributed by atoms with Crippen molar-refractivity contribution >= 4 is 63.5 Å². The highest BCUT2D eigenvalue weighted by atomic mass is 32.2. The van der Waals surface area contributed by atoms with E-state index in [1.807, 2.05) is 0 Å². The number of aliphatic carboxylic acids is 1. The average molecular weight is 556 g/mol. The molecule has 190 valence electrons. The van der Waals surface area contributed by atoms with E-state index in [9.17, 15) is 29.1 Å². The van der Waals surface area contributed by atoms with E-state index in [1.165, 1.54) is 36.0 Å². The SMILES string of the molecule is CO/N=C(/C(=O)N[C@@H]1C(=O)N2C(C(=O)O)=C(CSc3[nH]c(=O)c(=O)[nH][n+]3C)CS[C@@H]12)c1csc(N)n1. The molecule has 2 aliphatic heterocycles. The lowest BCUT2D eigenvalue weighted by atomic mass is 10.0. The molecule has 0 saturated carbocycles. The maximum atomic E-state index is 12.9. The molecule has 0 aliphatic carbocycles. The molecular weight excluding hydrogens is 536 g/mol. The van der Waals surface area contributed by atoms with Crippen LogP contribution in [-0.4, -0.2) is 78.6 Å². The summed E-state index contributed by atoms with van der Waals surface area (Å²) in [6.07, 6.45) is 0. The maximum absolute atomic E-state index is 12.9. The fraction of sp³-hybridized carbons (Fsp3) is 0.333. The molecule has 2 aliphatic rings. The molecule has 4 heterocycles. The second-order valence-corrected chi connectivity index (χ2v) is 10.3. The molecule has 4 rings (SSSR count). The standard InChI is InChI=1S/C18H18N8O7S3/c1-25-18(22-12(28)13(29)23-25)36-4-6-3-34-15-9(14(30)26(15)10(6)16(31)32)21-11(27)8(24-33-2)7-5-35-17(19)20-7/h5,9,15H,3-4H2,1-2H3,(H5,19,20,21,23,27,29,31,32)/p+1/b24-8+/t9-,15+/m1/s1. The Morgan fingerprint density at radius 1 is 1.42 bits per heavy atom. The van der Waals surface area contributed by atoms with Crippen LogP contribution >= 0.6 is 34.9 Å². The number of nitrogen functional groups attached to an aromatic ring is 1. The van der Waals surface area contributed by atoms with Gasteiger partial charge in [0.2, 0.25) is 0 Å². The molecule has 6 N–H and O–H groups in total. The van der Waals surface area contributed by atoms with Crippen molar-refractivity contribution in [1.82, 2.24) is 25.3 Å². The molecule has 2 atom stereocenters. The van der Waals surface area contributed by atoms with Gasteiger partial charge in [0.15, 0.2) is 10.8 Å². The van der Waals surface area contributed by atoms with Gasteiger partial charge in [-0.25, -0.2) is 14.6 Å². The van der Waals surface area contributed by atoms with Crippen LogP contribution in [0.2, 0.25) is 0 Å². The Kier molecular flexibility index (Phi) is 7.18. The average Bonchev–Trinajstić information content (AvgIpc) is 3.27. The highest BCUT2D eigenvalue weighted by molar-refractivity contribution is 8.01. The van der Waals surface area contributed by atoms with Crippen molar-refractivity contribution in [2.75, 3.05) is 24.3 Å². The first-order valence-corrected chi connectivity index (χ1v) is 12.9. The van der Waals surface area contributed by atoms with Gasteiger partial charge in [0, 0.05) is 16.9 Å². The third-order valence-electron chi connectivity index (χ3n) is 5.08. The van der Waals surface area contributed by atoms with Crippen molar-refractivity contribution in [3.63, 3.8) is 0 Å². The van der Waals surface area contributed by atoms with Gasteiger partial charge in [-0.15, -0.1) is 23.1 Å². The number of hydrogen-bond donors (Lipinski definition) is 5. The topological polar surface area (TPSA) is 217 Å². The van der Waals surface area contributed by atoms with Crippen LogP contribution in [0.5, 0.6) is 0 Å². The van der Waals surface area contributed by atoms with E-state index in [0.717, 1.165) is 28.0 Å². The number of anilines is 1. The molecule has 2 amide bonds. The molecule has 0 bridgehead atoms. The summed E-state index contributed by atoms with van der Waals surface area (Å²) >= 11 is 3.48. The summed E-state index contributed by atoms with van der Waals surface area (Å²) in [5.41, 5.74) is 4.22. The molecule has 0 unspecified atom stereocenters. The number of fused-ring (bicyclic) bond motifs is 1. The summed E-state index contributed by atoms with van der Waals surface area (Å²) < 4.78 is 1.31. The second kappa shape index (κ2) is 10.2. The fourth-order valence-corrected chi connectivity index (χ4v) is 6.45. The number of nitrogens with two attached hydrogens (primary N) is 1. The van der Waals surface area contributed by atoms with Crippen molar-refractivity contribution in [1.29, 1.82) is 0 Å². The monoisotopic (exact) mass is 555 g/mol. The normalized spacial score (nSPS) is 19.6. The number of aryl methyl sites for hydroxylation is 1. The number of carbonyl (C=O) groups is 3. The van der Waals surface area contributed by atoms with Gasteiger partial charge in [0.25, 0.3) is 11.8 Å². The zero-order chi connectivity index (χ0) is 26.1. The smallest absolute Gasteiger partial charge is 0.400 e. The summed E-state index contributed by atoms with van der Waals surface area (Å²) in [6.45, 7) is 0. The van der Waals surface area contributed by atoms with E-state index in [4.69, 9.17) is 10.6 Å². The number of aromatic nitrogens is 4. The van der Waals surface area contributed by atoms with Crippen LogP contribution in [0.3, 0.4) is 0 Å². The molecule has 2 aromatic rings. The first kappa shape index (κ1) is 25.5. The number of thiazole rings is 1. The van der Waals surface area contributed by atoms with Crippen LogP contribution < -0.4 is 26.9 Å². The fourth-order valence-electron chi connectivity index (χ4n) is 3.48. The molecule has 15 nitrogen and oxygen atoms in total. The second-order valence-electron chi connectivity index (χ2n) is 7.36. The Morgan fingerprint density at radius 3 is 2.81 bits per heavy atom. The van der Waals surface area contributed by atoms with Crippen LogP contribution in [0, 0.1) is 0 Å². The third kappa shape index (κ3) is 4.73. The number of oxime groups is 1. The molecule has 18 heteroatoms. The Hall–Kier alpha value is -3.64. The Morgan fingerprint density at radius 2 is 2.17 bits per heavy atom. The quantitative estimate of drug-likeness (QED) is 0.0588. The minimum atomic E-state index is -1.30. The summed E-state index contributed by atoms with van der Waals surface area (Å²) in [5.74, 6) is -2.23. The van der Waals surface area contributed by atoms with E-state index in [0.29, 0.717) is 10.7 Å². The van der Waals surface area contributed by atoms with Gasteiger partial charge >= 0.3 is 22.2 Å². The molecule has 0 spiro atoms. The number of aromatic amines is 2. The molecule has 1 saturated heterocycles. The molecule has 1 fully saturated rings. The number of rotatable bonds is 8. The minimum absolute atomic E-state index is 0.133. The van der Waals surface area contributed by atoms with E-state index < -0.39 is 40.3 Å². The number of β-lactam (4-membered cyclic amide) rings is 1. The Balaban J connectivity index is 1.51. The molecule has 2 aromatic heterocycles. The lowest BCUT2D eigenvalue weighted by Crippen LogP contribution is -2.71. The van der Waals surface area contributed by atoms with Gasteiger partial charge in [-0.1, -0.05) is 5.16 Å². The van der Waals surface area contributed by atoms with Crippen molar-refractivity contribution in [2.45, 2.75) is 16.6 Å². The van der Waals surface area contributed by atoms with Crippen molar-refractivity contribution < 1.29 is 29.0 Å². The van der Waals surface area contributed by atoms with Gasteiger partial charge in [-0.3, -0.25) is 19.3 Å². The largest absolute Gasteiger partial charge is 0.477 e. The number of H-pyrrole nitrogens is 2. The molecule has 36 heavy (non-hydrogen) atoms. The van der Waals surface area contributed by atoms with Crippen molar-refractivity contribution in [3.8, 4) is 0 Å². The van der Waals surface area contributed by atoms with Crippen LogP contribution in [0.25, 0.3) is 0 Å². The third-order valence-corrected chi connectivity index (χ3v) is 8.24.